The molecule has 0 radical (unpaired) electrons. The first-order chi connectivity index (χ1) is 6.08. The Hall–Kier alpha value is -0.220. The first-order valence-electron chi connectivity index (χ1n) is 4.75. The minimum Gasteiger partial charge on any atom is -0.354 e. The smallest absolute Gasteiger partial charge is 0.222 e. The first-order valence-corrected chi connectivity index (χ1v) is 5.80. The fraction of sp³-hybridized carbons (Fsp3) is 0.889. The highest BCUT2D eigenvalue weighted by Crippen LogP contribution is 2.20. The van der Waals surface area contributed by atoms with Crippen LogP contribution < -0.4 is 10.6 Å². The normalized spacial score (nSPS) is 28.0. The number of carbonyl (C=O) groups excluding carboxylic acids is 1. The average Bonchev–Trinajstić information content (AvgIpc) is 2.33. The van der Waals surface area contributed by atoms with Crippen LogP contribution in [0, 0.1) is 0 Å². The van der Waals surface area contributed by atoms with E-state index < -0.39 is 0 Å². The van der Waals surface area contributed by atoms with Gasteiger partial charge in [0, 0.05) is 17.8 Å². The van der Waals surface area contributed by atoms with Gasteiger partial charge in [-0.3, -0.25) is 4.79 Å². The number of thioether (sulfide) groups is 1. The number of rotatable bonds is 3. The summed E-state index contributed by atoms with van der Waals surface area (Å²) in [6.45, 7) is 6.11. The van der Waals surface area contributed by atoms with Gasteiger partial charge in [0.25, 0.3) is 0 Å². The van der Waals surface area contributed by atoms with Crippen molar-refractivity contribution in [2.75, 3.05) is 5.75 Å². The second kappa shape index (κ2) is 4.86. The number of nitrogens with one attached hydrogen (secondary N) is 2. The molecule has 1 heterocycles. The zero-order chi connectivity index (χ0) is 9.84. The molecule has 1 saturated heterocycles. The Morgan fingerprint density at radius 2 is 2.38 bits per heavy atom. The van der Waals surface area contributed by atoms with Crippen LogP contribution >= 0.6 is 11.8 Å². The topological polar surface area (TPSA) is 41.1 Å². The van der Waals surface area contributed by atoms with Crippen LogP contribution in [0.3, 0.4) is 0 Å². The van der Waals surface area contributed by atoms with Gasteiger partial charge in [-0.15, -0.1) is 11.8 Å². The summed E-state index contributed by atoms with van der Waals surface area (Å²) in [6, 6.07) is 0.790. The Labute approximate surface area is 84.0 Å². The van der Waals surface area contributed by atoms with Gasteiger partial charge in [0.15, 0.2) is 0 Å². The number of hydrogen-bond donors (Lipinski definition) is 2. The van der Waals surface area contributed by atoms with Gasteiger partial charge in [0.2, 0.25) is 5.91 Å². The number of amides is 1. The van der Waals surface area contributed by atoms with E-state index in [0.717, 1.165) is 5.75 Å². The molecule has 1 rings (SSSR count). The molecule has 4 heteroatoms. The van der Waals surface area contributed by atoms with E-state index in [1.54, 1.807) is 0 Å². The lowest BCUT2D eigenvalue weighted by Gasteiger charge is -2.12. The van der Waals surface area contributed by atoms with Gasteiger partial charge in [0.1, 0.15) is 0 Å². The summed E-state index contributed by atoms with van der Waals surface area (Å²) in [4.78, 5) is 11.4. The third-order valence-corrected chi connectivity index (χ3v) is 3.24. The highest BCUT2D eigenvalue weighted by molar-refractivity contribution is 8.00. The Bertz CT molecular complexity index is 184. The fourth-order valence-corrected chi connectivity index (χ4v) is 2.56. The van der Waals surface area contributed by atoms with E-state index in [2.05, 4.69) is 17.6 Å². The van der Waals surface area contributed by atoms with Gasteiger partial charge in [-0.05, 0) is 20.8 Å². The molecule has 1 amide bonds. The van der Waals surface area contributed by atoms with Crippen LogP contribution in [0.2, 0.25) is 0 Å². The lowest BCUT2D eigenvalue weighted by atomic mass is 10.3. The van der Waals surface area contributed by atoms with Crippen molar-refractivity contribution in [3.05, 3.63) is 0 Å². The highest BCUT2D eigenvalue weighted by atomic mass is 32.2. The van der Waals surface area contributed by atoms with E-state index in [4.69, 9.17) is 0 Å². The Morgan fingerprint density at radius 1 is 1.69 bits per heavy atom. The van der Waals surface area contributed by atoms with Crippen molar-refractivity contribution in [1.82, 2.24) is 10.6 Å². The van der Waals surface area contributed by atoms with Gasteiger partial charge in [-0.2, -0.15) is 0 Å². The molecule has 2 unspecified atom stereocenters. The molecule has 2 atom stereocenters. The van der Waals surface area contributed by atoms with Gasteiger partial charge >= 0.3 is 0 Å². The van der Waals surface area contributed by atoms with E-state index in [1.807, 2.05) is 25.6 Å². The number of hydrogen-bond acceptors (Lipinski definition) is 3. The van der Waals surface area contributed by atoms with Crippen molar-refractivity contribution < 1.29 is 4.79 Å². The number of carbonyl (C=O) groups is 1. The molecule has 13 heavy (non-hydrogen) atoms. The first kappa shape index (κ1) is 10.9. The van der Waals surface area contributed by atoms with E-state index >= 15 is 0 Å². The van der Waals surface area contributed by atoms with Crippen molar-refractivity contribution in [1.29, 1.82) is 0 Å². The van der Waals surface area contributed by atoms with Crippen LogP contribution in [0.25, 0.3) is 0 Å². The Balaban J connectivity index is 2.21. The summed E-state index contributed by atoms with van der Waals surface area (Å²) in [6.07, 6.45) is 0.590. The maximum absolute atomic E-state index is 11.4. The quantitative estimate of drug-likeness (QED) is 0.716. The average molecular weight is 202 g/mol. The van der Waals surface area contributed by atoms with Crippen LogP contribution in [-0.2, 0) is 4.79 Å². The van der Waals surface area contributed by atoms with Gasteiger partial charge < -0.3 is 10.6 Å². The SMILES string of the molecule is CC(C)NC(=O)CC1NC(C)CS1. The molecule has 1 fully saturated rings. The molecule has 3 nitrogen and oxygen atoms in total. The van der Waals surface area contributed by atoms with Crippen molar-refractivity contribution >= 4 is 17.7 Å². The molecule has 1 aliphatic heterocycles. The van der Waals surface area contributed by atoms with E-state index in [1.165, 1.54) is 0 Å². The van der Waals surface area contributed by atoms with E-state index in [9.17, 15) is 4.79 Å². The molecule has 76 valence electrons. The molecule has 1 aliphatic rings. The maximum atomic E-state index is 11.4. The molecule has 0 bridgehead atoms. The standard InChI is InChI=1S/C9H18N2OS/c1-6(2)10-8(12)4-9-11-7(3)5-13-9/h6-7,9,11H,4-5H2,1-3H3,(H,10,12). The van der Waals surface area contributed by atoms with Crippen LogP contribution in [0.4, 0.5) is 0 Å². The predicted octanol–water partition coefficient (Wildman–Crippen LogP) is 0.952. The van der Waals surface area contributed by atoms with Crippen LogP contribution in [0.5, 0.6) is 0 Å². The largest absolute Gasteiger partial charge is 0.354 e. The van der Waals surface area contributed by atoms with Crippen LogP contribution in [-0.4, -0.2) is 29.1 Å². The van der Waals surface area contributed by atoms with Crippen LogP contribution in [0.15, 0.2) is 0 Å². The predicted molar refractivity (Wildman–Crippen MR) is 56.7 cm³/mol. The fourth-order valence-electron chi connectivity index (χ4n) is 1.34. The lowest BCUT2D eigenvalue weighted by Crippen LogP contribution is -2.36. The van der Waals surface area contributed by atoms with Gasteiger partial charge in [0.05, 0.1) is 11.8 Å². The van der Waals surface area contributed by atoms with Gasteiger partial charge in [-0.1, -0.05) is 0 Å². The molecule has 0 saturated carbocycles. The van der Waals surface area contributed by atoms with Crippen molar-refractivity contribution in [2.24, 2.45) is 0 Å². The highest BCUT2D eigenvalue weighted by Gasteiger charge is 2.22. The molecule has 2 N–H and O–H groups in total. The lowest BCUT2D eigenvalue weighted by molar-refractivity contribution is -0.121. The minimum absolute atomic E-state index is 0.147. The zero-order valence-electron chi connectivity index (χ0n) is 8.46. The zero-order valence-corrected chi connectivity index (χ0v) is 9.28. The summed E-state index contributed by atoms with van der Waals surface area (Å²) < 4.78 is 0. The van der Waals surface area contributed by atoms with Crippen molar-refractivity contribution in [3.63, 3.8) is 0 Å². The third-order valence-electron chi connectivity index (χ3n) is 1.84. The second-order valence-electron chi connectivity index (χ2n) is 3.82. The van der Waals surface area contributed by atoms with Crippen LogP contribution in [0.1, 0.15) is 27.2 Å². The summed E-state index contributed by atoms with van der Waals surface area (Å²) in [5.74, 6) is 1.26. The van der Waals surface area contributed by atoms with Gasteiger partial charge in [-0.25, -0.2) is 0 Å². The Kier molecular flexibility index (Phi) is 4.06. The molecular formula is C9H18N2OS. The summed E-state index contributed by atoms with van der Waals surface area (Å²) in [5, 5.41) is 6.57. The molecule has 0 aliphatic carbocycles. The minimum atomic E-state index is 0.147. The van der Waals surface area contributed by atoms with Crippen molar-refractivity contribution in [3.8, 4) is 0 Å². The molecular weight excluding hydrogens is 184 g/mol. The Morgan fingerprint density at radius 3 is 2.85 bits per heavy atom. The molecule has 0 aromatic rings. The van der Waals surface area contributed by atoms with E-state index in [0.29, 0.717) is 17.8 Å². The molecule has 0 aromatic carbocycles. The monoisotopic (exact) mass is 202 g/mol. The molecule has 0 spiro atoms. The van der Waals surface area contributed by atoms with Crippen molar-refractivity contribution in [2.45, 2.75) is 44.6 Å². The van der Waals surface area contributed by atoms with E-state index in [-0.39, 0.29) is 11.9 Å². The third kappa shape index (κ3) is 4.00. The maximum Gasteiger partial charge on any atom is 0.222 e. The second-order valence-corrected chi connectivity index (χ2v) is 5.05. The molecule has 0 aromatic heterocycles. The summed E-state index contributed by atoms with van der Waals surface area (Å²) in [7, 11) is 0. The summed E-state index contributed by atoms with van der Waals surface area (Å²) in [5.41, 5.74) is 0. The summed E-state index contributed by atoms with van der Waals surface area (Å²) >= 11 is 1.83.